The van der Waals surface area contributed by atoms with Gasteiger partial charge in [-0.1, -0.05) is 18.2 Å². The maximum absolute atomic E-state index is 12.2. The van der Waals surface area contributed by atoms with Crippen LogP contribution in [0, 0.1) is 6.92 Å². The lowest BCUT2D eigenvalue weighted by Crippen LogP contribution is -2.24. The van der Waals surface area contributed by atoms with E-state index in [9.17, 15) is 14.4 Å². The molecule has 2 rings (SSSR count). The number of hydrogen-bond acceptors (Lipinski definition) is 5. The lowest BCUT2D eigenvalue weighted by atomic mass is 10.1. The maximum Gasteiger partial charge on any atom is 0.343 e. The molecule has 1 heterocycles. The molecule has 0 amide bonds. The van der Waals surface area contributed by atoms with Gasteiger partial charge in [0.05, 0.1) is 12.7 Å². The van der Waals surface area contributed by atoms with Gasteiger partial charge >= 0.3 is 5.97 Å². The van der Waals surface area contributed by atoms with Gasteiger partial charge in [0.1, 0.15) is 5.75 Å². The van der Waals surface area contributed by atoms with Crippen molar-refractivity contribution in [1.82, 2.24) is 4.57 Å². The number of aryl methyl sites for hydroxylation is 1. The molecule has 0 unspecified atom stereocenters. The highest BCUT2D eigenvalue weighted by molar-refractivity contribution is 6.06. The molecule has 0 saturated carbocycles. The quantitative estimate of drug-likeness (QED) is 0.457. The van der Waals surface area contributed by atoms with Gasteiger partial charge in [0.15, 0.2) is 12.4 Å². The van der Waals surface area contributed by atoms with Crippen LogP contribution in [0.3, 0.4) is 0 Å². The second-order valence-electron chi connectivity index (χ2n) is 5.39. The minimum atomic E-state index is -0.480. The monoisotopic (exact) mass is 341 g/mol. The molecule has 0 aliphatic carbocycles. The fourth-order valence-electron chi connectivity index (χ4n) is 2.09. The molecule has 0 saturated heterocycles. The van der Waals surface area contributed by atoms with Crippen LogP contribution < -0.4 is 10.3 Å². The Morgan fingerprint density at radius 2 is 1.96 bits per heavy atom. The van der Waals surface area contributed by atoms with Crippen molar-refractivity contribution in [2.45, 2.75) is 6.92 Å². The summed E-state index contributed by atoms with van der Waals surface area (Å²) in [7, 11) is 2.91. The van der Waals surface area contributed by atoms with Gasteiger partial charge in [-0.15, -0.1) is 0 Å². The van der Waals surface area contributed by atoms with E-state index in [4.69, 9.17) is 4.74 Å². The average molecular weight is 341 g/mol. The molecular weight excluding hydrogens is 322 g/mol. The number of methoxy groups -OCH3 is 1. The van der Waals surface area contributed by atoms with Crippen molar-refractivity contribution in [1.29, 1.82) is 0 Å². The van der Waals surface area contributed by atoms with Crippen LogP contribution in [0.2, 0.25) is 0 Å². The number of ketones is 1. The van der Waals surface area contributed by atoms with Gasteiger partial charge in [0.25, 0.3) is 5.56 Å². The summed E-state index contributed by atoms with van der Waals surface area (Å²) in [5, 5.41) is 0. The summed E-state index contributed by atoms with van der Waals surface area (Å²) in [6, 6.07) is 10.1. The molecule has 6 nitrogen and oxygen atoms in total. The van der Waals surface area contributed by atoms with Crippen LogP contribution in [0.15, 0.2) is 47.3 Å². The Hall–Kier alpha value is -3.15. The molecule has 0 aliphatic heterocycles. The maximum atomic E-state index is 12.2. The third-order valence-electron chi connectivity index (χ3n) is 3.69. The number of nitrogens with zero attached hydrogens (tertiary/aromatic N) is 1. The normalized spacial score (nSPS) is 10.7. The SMILES string of the molecule is COC(=O)COc1cccc(C=CC(=O)c2ccc(C)n(C)c2=O)c1. The van der Waals surface area contributed by atoms with E-state index in [1.807, 2.05) is 0 Å². The van der Waals surface area contributed by atoms with E-state index in [0.717, 1.165) is 5.69 Å². The molecule has 0 spiro atoms. The van der Waals surface area contributed by atoms with E-state index in [2.05, 4.69) is 4.74 Å². The lowest BCUT2D eigenvalue weighted by molar-refractivity contribution is -0.142. The standard InChI is InChI=1S/C19H19NO5/c1-13-7-9-16(19(23)20(13)2)17(21)10-8-14-5-4-6-15(11-14)25-12-18(22)24-3/h4-11H,12H2,1-3H3. The Morgan fingerprint density at radius 3 is 2.68 bits per heavy atom. The Kier molecular flexibility index (Phi) is 5.89. The number of allylic oxidation sites excluding steroid dienone is 1. The van der Waals surface area contributed by atoms with Gasteiger partial charge in [0.2, 0.25) is 0 Å². The zero-order valence-electron chi connectivity index (χ0n) is 14.3. The largest absolute Gasteiger partial charge is 0.482 e. The fourth-order valence-corrected chi connectivity index (χ4v) is 2.09. The molecule has 0 fully saturated rings. The second-order valence-corrected chi connectivity index (χ2v) is 5.39. The third-order valence-corrected chi connectivity index (χ3v) is 3.69. The Bertz CT molecular complexity index is 880. The van der Waals surface area contributed by atoms with Crippen molar-refractivity contribution in [2.24, 2.45) is 7.05 Å². The first-order valence-corrected chi connectivity index (χ1v) is 7.61. The van der Waals surface area contributed by atoms with E-state index in [-0.39, 0.29) is 23.5 Å². The first-order chi connectivity index (χ1) is 11.9. The fraction of sp³-hybridized carbons (Fsp3) is 0.211. The van der Waals surface area contributed by atoms with Crippen LogP contribution >= 0.6 is 0 Å². The van der Waals surface area contributed by atoms with Gasteiger partial charge in [-0.05, 0) is 42.8 Å². The predicted octanol–water partition coefficient (Wildman–Crippen LogP) is 2.14. The molecule has 1 aromatic carbocycles. The molecule has 0 radical (unpaired) electrons. The molecule has 130 valence electrons. The molecule has 1 aromatic heterocycles. The van der Waals surface area contributed by atoms with Gasteiger partial charge in [0, 0.05) is 12.7 Å². The number of hydrogen-bond donors (Lipinski definition) is 0. The van der Waals surface area contributed by atoms with E-state index in [0.29, 0.717) is 11.3 Å². The number of benzene rings is 1. The van der Waals surface area contributed by atoms with Crippen LogP contribution in [0.1, 0.15) is 21.6 Å². The smallest absolute Gasteiger partial charge is 0.343 e. The Morgan fingerprint density at radius 1 is 1.20 bits per heavy atom. The van der Waals surface area contributed by atoms with E-state index < -0.39 is 5.97 Å². The van der Waals surface area contributed by atoms with E-state index in [1.165, 1.54) is 23.8 Å². The highest BCUT2D eigenvalue weighted by atomic mass is 16.6. The summed E-state index contributed by atoms with van der Waals surface area (Å²) in [6.07, 6.45) is 2.93. The number of pyridine rings is 1. The summed E-state index contributed by atoms with van der Waals surface area (Å²) >= 11 is 0. The lowest BCUT2D eigenvalue weighted by Gasteiger charge is -2.05. The minimum Gasteiger partial charge on any atom is -0.482 e. The number of carbonyl (C=O) groups excluding carboxylic acids is 2. The van der Waals surface area contributed by atoms with Crippen LogP contribution in [0.5, 0.6) is 5.75 Å². The number of carbonyl (C=O) groups is 2. The highest BCUT2D eigenvalue weighted by Crippen LogP contribution is 2.15. The van der Waals surface area contributed by atoms with E-state index >= 15 is 0 Å². The molecule has 0 aliphatic rings. The number of aromatic nitrogens is 1. The summed E-state index contributed by atoms with van der Waals surface area (Å²) in [4.78, 5) is 35.5. The van der Waals surface area contributed by atoms with Crippen molar-refractivity contribution in [3.05, 3.63) is 69.6 Å². The number of ether oxygens (including phenoxy) is 2. The van der Waals surface area contributed by atoms with Crippen molar-refractivity contribution in [3.8, 4) is 5.75 Å². The number of rotatable bonds is 6. The topological polar surface area (TPSA) is 74.6 Å². The van der Waals surface area contributed by atoms with Crippen molar-refractivity contribution in [3.63, 3.8) is 0 Å². The Balaban J connectivity index is 2.14. The Labute approximate surface area is 145 Å². The first kappa shape index (κ1) is 18.2. The van der Waals surface area contributed by atoms with Crippen LogP contribution in [-0.4, -0.2) is 30.0 Å². The van der Waals surface area contributed by atoms with Crippen LogP contribution in [0.4, 0.5) is 0 Å². The summed E-state index contributed by atoms with van der Waals surface area (Å²) in [5.41, 5.74) is 1.27. The zero-order chi connectivity index (χ0) is 18.4. The van der Waals surface area contributed by atoms with Crippen LogP contribution in [0.25, 0.3) is 6.08 Å². The van der Waals surface area contributed by atoms with Crippen molar-refractivity contribution >= 4 is 17.8 Å². The van der Waals surface area contributed by atoms with Gasteiger partial charge in [-0.2, -0.15) is 0 Å². The molecule has 0 bridgehead atoms. The van der Waals surface area contributed by atoms with Gasteiger partial charge in [-0.3, -0.25) is 9.59 Å². The average Bonchev–Trinajstić information content (AvgIpc) is 2.62. The zero-order valence-corrected chi connectivity index (χ0v) is 14.3. The van der Waals surface area contributed by atoms with Gasteiger partial charge in [-0.25, -0.2) is 4.79 Å². The van der Waals surface area contributed by atoms with Crippen molar-refractivity contribution < 1.29 is 19.1 Å². The predicted molar refractivity (Wildman–Crippen MR) is 93.7 cm³/mol. The molecule has 0 atom stereocenters. The molecule has 6 heteroatoms. The summed E-state index contributed by atoms with van der Waals surface area (Å²) in [6.45, 7) is 1.60. The summed E-state index contributed by atoms with van der Waals surface area (Å²) in [5.74, 6) is -0.376. The summed E-state index contributed by atoms with van der Waals surface area (Å²) < 4.78 is 11.2. The highest BCUT2D eigenvalue weighted by Gasteiger charge is 2.09. The molecule has 0 N–H and O–H groups in total. The molecule has 25 heavy (non-hydrogen) atoms. The molecular formula is C19H19NO5. The minimum absolute atomic E-state index is 0.113. The molecule has 2 aromatic rings. The van der Waals surface area contributed by atoms with Crippen molar-refractivity contribution in [2.75, 3.05) is 13.7 Å². The third kappa shape index (κ3) is 4.67. The van der Waals surface area contributed by atoms with Crippen LogP contribution in [-0.2, 0) is 16.6 Å². The van der Waals surface area contributed by atoms with E-state index in [1.54, 1.807) is 50.4 Å². The second kappa shape index (κ2) is 8.10. The van der Waals surface area contributed by atoms with Gasteiger partial charge < -0.3 is 14.0 Å². The first-order valence-electron chi connectivity index (χ1n) is 7.61. The number of esters is 1.